The van der Waals surface area contributed by atoms with E-state index in [0.717, 1.165) is 6.42 Å². The average molecular weight is 391 g/mol. The molecule has 0 aromatic rings. The SMILES string of the molecule is CC/C=C\CC(O)/C=C/C=C\C=C\C=C\C(O)C(O)C/C=C\CCC(=O)OC. The third kappa shape index (κ3) is 16.0. The van der Waals surface area contributed by atoms with Crippen LogP contribution in [0.5, 0.6) is 0 Å². The van der Waals surface area contributed by atoms with Crippen molar-refractivity contribution in [2.24, 2.45) is 0 Å². The molecule has 5 heteroatoms. The maximum Gasteiger partial charge on any atom is 0.305 e. The van der Waals surface area contributed by atoms with Gasteiger partial charge in [0, 0.05) is 6.42 Å². The van der Waals surface area contributed by atoms with E-state index in [1.54, 1.807) is 42.5 Å². The lowest BCUT2D eigenvalue weighted by atomic mass is 10.1. The Hall–Kier alpha value is -2.21. The van der Waals surface area contributed by atoms with Crippen molar-refractivity contribution < 1.29 is 24.9 Å². The second-order valence-electron chi connectivity index (χ2n) is 6.10. The maximum atomic E-state index is 10.9. The molecule has 0 saturated carbocycles. The summed E-state index contributed by atoms with van der Waals surface area (Å²) < 4.78 is 4.53. The molecule has 3 atom stereocenters. The maximum absolute atomic E-state index is 10.9. The van der Waals surface area contributed by atoms with Gasteiger partial charge in [0.2, 0.25) is 0 Å². The van der Waals surface area contributed by atoms with Crippen LogP contribution in [0.1, 0.15) is 39.0 Å². The molecule has 0 aliphatic rings. The third-order valence-electron chi connectivity index (χ3n) is 3.66. The van der Waals surface area contributed by atoms with Gasteiger partial charge < -0.3 is 20.1 Å². The van der Waals surface area contributed by atoms with E-state index < -0.39 is 18.3 Å². The number of aliphatic hydroxyl groups excluding tert-OH is 3. The highest BCUT2D eigenvalue weighted by molar-refractivity contribution is 5.69. The smallest absolute Gasteiger partial charge is 0.305 e. The highest BCUT2D eigenvalue weighted by Crippen LogP contribution is 2.04. The van der Waals surface area contributed by atoms with Gasteiger partial charge in [0.25, 0.3) is 0 Å². The van der Waals surface area contributed by atoms with Crippen LogP contribution in [0, 0.1) is 0 Å². The van der Waals surface area contributed by atoms with Gasteiger partial charge in [0.1, 0.15) is 0 Å². The normalized spacial score (nSPS) is 16.3. The standard InChI is InChI=1S/C23H34O5/c1-3-4-10-15-20(24)16-11-7-5-6-8-12-17-21(25)22(26)18-13-9-14-19-23(27)28-2/h4-13,16-17,20-22,24-26H,3,14-15,18-19H2,1-2H3/b7-5-,8-6+,10-4-,13-9-,16-11+,17-12+. The number of rotatable bonds is 14. The molecule has 28 heavy (non-hydrogen) atoms. The Morgan fingerprint density at radius 2 is 1.46 bits per heavy atom. The van der Waals surface area contributed by atoms with Gasteiger partial charge in [0.05, 0.1) is 25.4 Å². The van der Waals surface area contributed by atoms with Gasteiger partial charge in [0.15, 0.2) is 0 Å². The molecule has 0 aromatic heterocycles. The first-order valence-corrected chi connectivity index (χ1v) is 9.60. The summed E-state index contributed by atoms with van der Waals surface area (Å²) in [6.45, 7) is 2.05. The molecule has 0 aliphatic heterocycles. The van der Waals surface area contributed by atoms with Crippen LogP contribution in [0.2, 0.25) is 0 Å². The zero-order valence-corrected chi connectivity index (χ0v) is 16.9. The van der Waals surface area contributed by atoms with E-state index in [2.05, 4.69) is 11.7 Å². The molecule has 0 aromatic carbocycles. The number of ether oxygens (including phenoxy) is 1. The van der Waals surface area contributed by atoms with Gasteiger partial charge in [-0.3, -0.25) is 4.79 Å². The summed E-state index contributed by atoms with van der Waals surface area (Å²) in [5.74, 6) is -0.273. The van der Waals surface area contributed by atoms with Crippen molar-refractivity contribution in [2.75, 3.05) is 7.11 Å². The van der Waals surface area contributed by atoms with E-state index in [0.29, 0.717) is 25.7 Å². The molecule has 0 amide bonds. The summed E-state index contributed by atoms with van der Waals surface area (Å²) >= 11 is 0. The first kappa shape index (κ1) is 25.8. The number of hydrogen-bond donors (Lipinski definition) is 3. The van der Waals surface area contributed by atoms with Crippen molar-refractivity contribution in [3.05, 3.63) is 72.9 Å². The largest absolute Gasteiger partial charge is 0.469 e. The highest BCUT2D eigenvalue weighted by atomic mass is 16.5. The molecule has 3 unspecified atom stereocenters. The fourth-order valence-electron chi connectivity index (χ4n) is 2.03. The fourth-order valence-corrected chi connectivity index (χ4v) is 2.03. The second kappa shape index (κ2) is 18.2. The Morgan fingerprint density at radius 1 is 0.857 bits per heavy atom. The summed E-state index contributed by atoms with van der Waals surface area (Å²) in [4.78, 5) is 10.9. The van der Waals surface area contributed by atoms with Crippen LogP contribution < -0.4 is 0 Å². The number of aliphatic hydroxyl groups is 3. The Kier molecular flexibility index (Phi) is 16.7. The van der Waals surface area contributed by atoms with Crippen LogP contribution >= 0.6 is 0 Å². The van der Waals surface area contributed by atoms with E-state index >= 15 is 0 Å². The van der Waals surface area contributed by atoms with Crippen LogP contribution in [0.25, 0.3) is 0 Å². The lowest BCUT2D eigenvalue weighted by Crippen LogP contribution is -2.22. The molecule has 0 radical (unpaired) electrons. The lowest BCUT2D eigenvalue weighted by Gasteiger charge is -2.11. The molecule has 5 nitrogen and oxygen atoms in total. The van der Waals surface area contributed by atoms with Crippen molar-refractivity contribution in [1.82, 2.24) is 0 Å². The molecule has 0 spiro atoms. The topological polar surface area (TPSA) is 87.0 Å². The van der Waals surface area contributed by atoms with E-state index in [1.165, 1.54) is 13.2 Å². The molecule has 0 aliphatic carbocycles. The second-order valence-corrected chi connectivity index (χ2v) is 6.10. The monoisotopic (exact) mass is 390 g/mol. The molecule has 0 heterocycles. The van der Waals surface area contributed by atoms with Crippen LogP contribution in [-0.4, -0.2) is 46.7 Å². The van der Waals surface area contributed by atoms with Crippen molar-refractivity contribution >= 4 is 5.97 Å². The van der Waals surface area contributed by atoms with Crippen molar-refractivity contribution in [3.8, 4) is 0 Å². The molecule has 0 fully saturated rings. The van der Waals surface area contributed by atoms with Crippen LogP contribution in [0.4, 0.5) is 0 Å². The summed E-state index contributed by atoms with van der Waals surface area (Å²) in [6.07, 6.45) is 21.7. The predicted octanol–water partition coefficient (Wildman–Crippen LogP) is 3.55. The summed E-state index contributed by atoms with van der Waals surface area (Å²) in [7, 11) is 1.34. The Bertz CT molecular complexity index is 570. The molecule has 3 N–H and O–H groups in total. The van der Waals surface area contributed by atoms with E-state index in [4.69, 9.17) is 0 Å². The molecule has 156 valence electrons. The molecular formula is C23H34O5. The van der Waals surface area contributed by atoms with Crippen LogP contribution in [0.15, 0.2) is 72.9 Å². The first-order valence-electron chi connectivity index (χ1n) is 9.60. The van der Waals surface area contributed by atoms with Gasteiger partial charge in [-0.1, -0.05) is 79.8 Å². The molecular weight excluding hydrogens is 356 g/mol. The van der Waals surface area contributed by atoms with Gasteiger partial charge in [-0.05, 0) is 25.7 Å². The van der Waals surface area contributed by atoms with E-state index in [1.807, 2.05) is 24.3 Å². The van der Waals surface area contributed by atoms with Crippen molar-refractivity contribution in [1.29, 1.82) is 0 Å². The number of allylic oxidation sites excluding steroid dienone is 8. The van der Waals surface area contributed by atoms with Crippen molar-refractivity contribution in [2.45, 2.75) is 57.3 Å². The van der Waals surface area contributed by atoms with E-state index in [9.17, 15) is 20.1 Å². The number of esters is 1. The number of methoxy groups -OCH3 is 1. The molecule has 0 rings (SSSR count). The Labute approximate surface area is 168 Å². The van der Waals surface area contributed by atoms with Gasteiger partial charge >= 0.3 is 5.97 Å². The predicted molar refractivity (Wildman–Crippen MR) is 114 cm³/mol. The third-order valence-corrected chi connectivity index (χ3v) is 3.66. The zero-order valence-electron chi connectivity index (χ0n) is 16.9. The average Bonchev–Trinajstić information content (AvgIpc) is 2.69. The summed E-state index contributed by atoms with van der Waals surface area (Å²) in [5, 5.41) is 29.4. The minimum Gasteiger partial charge on any atom is -0.469 e. The van der Waals surface area contributed by atoms with Crippen molar-refractivity contribution in [3.63, 3.8) is 0 Å². The quantitative estimate of drug-likeness (QED) is 0.240. The summed E-state index contributed by atoms with van der Waals surface area (Å²) in [6, 6.07) is 0. The molecule has 0 bridgehead atoms. The Balaban J connectivity index is 4.06. The van der Waals surface area contributed by atoms with Crippen LogP contribution in [-0.2, 0) is 9.53 Å². The zero-order chi connectivity index (χ0) is 21.0. The van der Waals surface area contributed by atoms with Gasteiger partial charge in [-0.15, -0.1) is 0 Å². The minimum absolute atomic E-state index is 0.273. The molecule has 0 saturated heterocycles. The Morgan fingerprint density at radius 3 is 2.11 bits per heavy atom. The minimum atomic E-state index is -0.967. The first-order chi connectivity index (χ1) is 13.5. The van der Waals surface area contributed by atoms with E-state index in [-0.39, 0.29) is 5.97 Å². The lowest BCUT2D eigenvalue weighted by molar-refractivity contribution is -0.140. The fraction of sp³-hybridized carbons (Fsp3) is 0.435. The summed E-state index contributed by atoms with van der Waals surface area (Å²) in [5.41, 5.74) is 0. The van der Waals surface area contributed by atoms with Gasteiger partial charge in [-0.25, -0.2) is 0 Å². The number of carbonyl (C=O) groups is 1. The van der Waals surface area contributed by atoms with Gasteiger partial charge in [-0.2, -0.15) is 0 Å². The highest BCUT2D eigenvalue weighted by Gasteiger charge is 2.10. The van der Waals surface area contributed by atoms with Crippen LogP contribution in [0.3, 0.4) is 0 Å². The number of hydrogen-bond acceptors (Lipinski definition) is 5. The number of carbonyl (C=O) groups excluding carboxylic acids is 1.